The number of nitrogens with one attached hydrogen (secondary N) is 2. The van der Waals surface area contributed by atoms with Crippen LogP contribution in [-0.2, 0) is 6.54 Å². The Morgan fingerprint density at radius 2 is 1.89 bits per heavy atom. The smallest absolute Gasteiger partial charge is 0.138 e. The molecule has 0 aromatic carbocycles. The lowest BCUT2D eigenvalue weighted by Gasteiger charge is -2.18. The first-order chi connectivity index (χ1) is 18.2. The topological polar surface area (TPSA) is 104 Å². The Kier molecular flexibility index (Phi) is 6.03. The summed E-state index contributed by atoms with van der Waals surface area (Å²) < 4.78 is 5.88. The molecule has 1 aliphatic rings. The molecule has 9 heteroatoms. The highest BCUT2D eigenvalue weighted by Gasteiger charge is 2.21. The summed E-state index contributed by atoms with van der Waals surface area (Å²) in [4.78, 5) is 23.8. The van der Waals surface area contributed by atoms with Gasteiger partial charge in [-0.1, -0.05) is 6.07 Å². The van der Waals surface area contributed by atoms with Crippen LogP contribution in [0.4, 0.5) is 0 Å². The number of aromatic nitrogens is 5. The molecule has 0 spiro atoms. The van der Waals surface area contributed by atoms with Crippen molar-refractivity contribution >= 4 is 16.6 Å². The van der Waals surface area contributed by atoms with Gasteiger partial charge in [-0.3, -0.25) is 19.9 Å². The van der Waals surface area contributed by atoms with E-state index in [9.17, 15) is 0 Å². The number of hydrazone groups is 1. The highest BCUT2D eigenvalue weighted by Crippen LogP contribution is 2.29. The standard InChI is InChI=1S/C28H26N8O/c1-36(2)9-10-37-20-11-18(14-29-17-20)25-12-21-19(15-32-25)16-33-35-28(21)26-13-22-23(34-26)6-8-31-27(22)24-5-3-4-7-30-24/h3-8,11-15,17,33-34H,9-10,16H2,1-2H3. The SMILES string of the molecule is CN(C)CCOc1cncc(-c2cc3c(cn2)CNN=C3c2cc3c(-c4ccccn4)nccc3[nH]2)c1. The zero-order valence-corrected chi connectivity index (χ0v) is 20.6. The van der Waals surface area contributed by atoms with Crippen molar-refractivity contribution in [2.24, 2.45) is 5.10 Å². The van der Waals surface area contributed by atoms with Gasteiger partial charge in [0, 0.05) is 58.9 Å². The van der Waals surface area contributed by atoms with E-state index in [0.717, 1.165) is 68.4 Å². The Balaban J connectivity index is 1.35. The molecule has 5 aromatic heterocycles. The molecule has 0 saturated heterocycles. The van der Waals surface area contributed by atoms with E-state index in [1.54, 1.807) is 24.8 Å². The van der Waals surface area contributed by atoms with Crippen LogP contribution in [0, 0.1) is 0 Å². The minimum atomic E-state index is 0.591. The van der Waals surface area contributed by atoms with Crippen LogP contribution in [0.25, 0.3) is 33.5 Å². The molecule has 2 N–H and O–H groups in total. The first-order valence-electron chi connectivity index (χ1n) is 12.1. The van der Waals surface area contributed by atoms with E-state index >= 15 is 0 Å². The fourth-order valence-electron chi connectivity index (χ4n) is 4.34. The average Bonchev–Trinajstić information content (AvgIpc) is 3.37. The summed E-state index contributed by atoms with van der Waals surface area (Å²) in [5.74, 6) is 0.722. The number of pyridine rings is 4. The molecule has 5 aromatic rings. The summed E-state index contributed by atoms with van der Waals surface area (Å²) in [5, 5.41) is 5.67. The Labute approximate surface area is 214 Å². The van der Waals surface area contributed by atoms with Crippen LogP contribution in [0.1, 0.15) is 16.8 Å². The summed E-state index contributed by atoms with van der Waals surface area (Å²) >= 11 is 0. The van der Waals surface area contributed by atoms with Crippen LogP contribution in [0.3, 0.4) is 0 Å². The zero-order chi connectivity index (χ0) is 25.2. The van der Waals surface area contributed by atoms with Crippen molar-refractivity contribution in [2.45, 2.75) is 6.54 Å². The first kappa shape index (κ1) is 22.8. The number of aromatic amines is 1. The predicted octanol–water partition coefficient (Wildman–Crippen LogP) is 3.88. The monoisotopic (exact) mass is 490 g/mol. The molecule has 0 aliphatic carbocycles. The van der Waals surface area contributed by atoms with Gasteiger partial charge in [0.1, 0.15) is 18.1 Å². The lowest BCUT2D eigenvalue weighted by molar-refractivity contribution is 0.261. The van der Waals surface area contributed by atoms with Gasteiger partial charge in [0.2, 0.25) is 0 Å². The van der Waals surface area contributed by atoms with Crippen molar-refractivity contribution < 1.29 is 4.74 Å². The number of rotatable bonds is 7. The Morgan fingerprint density at radius 3 is 2.76 bits per heavy atom. The molecule has 0 amide bonds. The molecule has 0 radical (unpaired) electrons. The number of hydrogen-bond acceptors (Lipinski definition) is 8. The van der Waals surface area contributed by atoms with E-state index in [4.69, 9.17) is 9.72 Å². The minimum Gasteiger partial charge on any atom is -0.491 e. The van der Waals surface area contributed by atoms with Crippen molar-refractivity contribution in [3.8, 4) is 28.4 Å². The van der Waals surface area contributed by atoms with Crippen molar-refractivity contribution in [2.75, 3.05) is 27.2 Å². The van der Waals surface area contributed by atoms with Gasteiger partial charge in [-0.05, 0) is 50.5 Å². The number of fused-ring (bicyclic) bond motifs is 2. The second kappa shape index (κ2) is 9.79. The maximum Gasteiger partial charge on any atom is 0.138 e. The van der Waals surface area contributed by atoms with Crippen LogP contribution in [0.5, 0.6) is 5.75 Å². The van der Waals surface area contributed by atoms with Gasteiger partial charge < -0.3 is 20.0 Å². The maximum absolute atomic E-state index is 5.88. The normalized spacial score (nSPS) is 12.8. The predicted molar refractivity (Wildman–Crippen MR) is 143 cm³/mol. The van der Waals surface area contributed by atoms with E-state index < -0.39 is 0 Å². The van der Waals surface area contributed by atoms with Crippen LogP contribution in [-0.4, -0.2) is 62.8 Å². The van der Waals surface area contributed by atoms with Gasteiger partial charge in [-0.15, -0.1) is 0 Å². The van der Waals surface area contributed by atoms with Gasteiger partial charge in [0.15, 0.2) is 0 Å². The van der Waals surface area contributed by atoms with E-state index in [2.05, 4.69) is 47.5 Å². The number of ether oxygens (including phenoxy) is 1. The Hall–Kier alpha value is -4.63. The largest absolute Gasteiger partial charge is 0.491 e. The molecular weight excluding hydrogens is 464 g/mol. The third kappa shape index (κ3) is 4.64. The van der Waals surface area contributed by atoms with E-state index in [1.165, 1.54) is 0 Å². The molecule has 0 saturated carbocycles. The lowest BCUT2D eigenvalue weighted by atomic mass is 9.99. The number of nitrogens with zero attached hydrogens (tertiary/aromatic N) is 6. The quantitative estimate of drug-likeness (QED) is 0.357. The molecular formula is C28H26N8O. The molecule has 37 heavy (non-hydrogen) atoms. The third-order valence-corrected chi connectivity index (χ3v) is 6.23. The van der Waals surface area contributed by atoms with Crippen molar-refractivity contribution in [3.63, 3.8) is 0 Å². The fourth-order valence-corrected chi connectivity index (χ4v) is 4.34. The molecule has 6 heterocycles. The van der Waals surface area contributed by atoms with Gasteiger partial charge in [-0.2, -0.15) is 5.10 Å². The highest BCUT2D eigenvalue weighted by molar-refractivity contribution is 6.15. The number of likely N-dealkylation sites (N-methyl/N-ethyl adjacent to an activating group) is 1. The molecule has 9 nitrogen and oxygen atoms in total. The first-order valence-corrected chi connectivity index (χ1v) is 12.1. The minimum absolute atomic E-state index is 0.591. The van der Waals surface area contributed by atoms with Crippen molar-refractivity contribution in [3.05, 3.63) is 90.3 Å². The van der Waals surface area contributed by atoms with E-state index in [1.807, 2.05) is 50.6 Å². The summed E-state index contributed by atoms with van der Waals surface area (Å²) in [7, 11) is 4.04. The molecule has 6 rings (SSSR count). The molecule has 0 atom stereocenters. The second-order valence-corrected chi connectivity index (χ2v) is 9.10. The number of H-pyrrole nitrogens is 1. The Morgan fingerprint density at radius 1 is 0.946 bits per heavy atom. The fraction of sp³-hybridized carbons (Fsp3) is 0.179. The molecule has 0 unspecified atom stereocenters. The maximum atomic E-state index is 5.88. The van der Waals surface area contributed by atoms with Crippen LogP contribution >= 0.6 is 0 Å². The van der Waals surface area contributed by atoms with Gasteiger partial charge in [0.05, 0.1) is 35.5 Å². The summed E-state index contributed by atoms with van der Waals surface area (Å²) in [6.45, 7) is 2.03. The van der Waals surface area contributed by atoms with Crippen molar-refractivity contribution in [1.29, 1.82) is 0 Å². The second-order valence-electron chi connectivity index (χ2n) is 9.10. The average molecular weight is 491 g/mol. The molecule has 1 aliphatic heterocycles. The van der Waals surface area contributed by atoms with Gasteiger partial charge in [-0.25, -0.2) is 0 Å². The highest BCUT2D eigenvalue weighted by atomic mass is 16.5. The van der Waals surface area contributed by atoms with E-state index in [-0.39, 0.29) is 0 Å². The van der Waals surface area contributed by atoms with Crippen LogP contribution in [0.15, 0.2) is 78.6 Å². The summed E-state index contributed by atoms with van der Waals surface area (Å²) in [5.41, 5.74) is 11.3. The van der Waals surface area contributed by atoms with Gasteiger partial charge >= 0.3 is 0 Å². The molecule has 0 bridgehead atoms. The van der Waals surface area contributed by atoms with Crippen molar-refractivity contribution in [1.82, 2.24) is 35.2 Å². The molecule has 0 fully saturated rings. The molecule has 184 valence electrons. The van der Waals surface area contributed by atoms with Crippen LogP contribution in [0.2, 0.25) is 0 Å². The zero-order valence-electron chi connectivity index (χ0n) is 20.6. The number of hydrogen-bond donors (Lipinski definition) is 2. The lowest BCUT2D eigenvalue weighted by Crippen LogP contribution is -2.22. The van der Waals surface area contributed by atoms with E-state index in [0.29, 0.717) is 13.2 Å². The summed E-state index contributed by atoms with van der Waals surface area (Å²) in [6, 6.07) is 13.9. The van der Waals surface area contributed by atoms with Crippen LogP contribution < -0.4 is 10.2 Å². The summed E-state index contributed by atoms with van der Waals surface area (Å²) in [6.07, 6.45) is 9.01. The van der Waals surface area contributed by atoms with Gasteiger partial charge in [0.25, 0.3) is 0 Å². The third-order valence-electron chi connectivity index (χ3n) is 6.23. The Bertz CT molecular complexity index is 1590.